The number of benzene rings is 1. The number of hydrogen-bond acceptors (Lipinski definition) is 3. The molecule has 0 amide bonds. The number of aryl methyl sites for hydroxylation is 1. The molecule has 0 heterocycles. The zero-order valence-electron chi connectivity index (χ0n) is 9.58. The number of aliphatic hydroxyl groups excluding tert-OH is 1. The maximum absolute atomic E-state index is 9.16. The Labute approximate surface area is 91.1 Å². The standard InChI is InChI=1S/C12H19NO2/c1-10-4-6-11(7-5-10)15-9-12(2,8-14)13-3/h4-7,13-14H,8-9H2,1-3H3. The molecule has 3 nitrogen and oxygen atoms in total. The highest BCUT2D eigenvalue weighted by molar-refractivity contribution is 5.26. The Morgan fingerprint density at radius 3 is 2.40 bits per heavy atom. The largest absolute Gasteiger partial charge is 0.492 e. The maximum Gasteiger partial charge on any atom is 0.119 e. The molecule has 0 fully saturated rings. The van der Waals surface area contributed by atoms with Gasteiger partial charge in [0.05, 0.1) is 12.1 Å². The van der Waals surface area contributed by atoms with E-state index in [-0.39, 0.29) is 12.1 Å². The van der Waals surface area contributed by atoms with Crippen LogP contribution in [0, 0.1) is 6.92 Å². The molecular weight excluding hydrogens is 190 g/mol. The highest BCUT2D eigenvalue weighted by atomic mass is 16.5. The van der Waals surface area contributed by atoms with Gasteiger partial charge in [0.15, 0.2) is 0 Å². The smallest absolute Gasteiger partial charge is 0.119 e. The normalized spacial score (nSPS) is 14.7. The predicted molar refractivity (Wildman–Crippen MR) is 61.2 cm³/mol. The quantitative estimate of drug-likeness (QED) is 0.769. The molecule has 3 heteroatoms. The number of nitrogens with one attached hydrogen (secondary N) is 1. The first-order chi connectivity index (χ1) is 7.09. The van der Waals surface area contributed by atoms with E-state index in [1.165, 1.54) is 5.56 Å². The lowest BCUT2D eigenvalue weighted by atomic mass is 10.1. The summed E-state index contributed by atoms with van der Waals surface area (Å²) in [6, 6.07) is 7.88. The van der Waals surface area contributed by atoms with Crippen molar-refractivity contribution in [3.63, 3.8) is 0 Å². The van der Waals surface area contributed by atoms with Gasteiger partial charge >= 0.3 is 0 Å². The van der Waals surface area contributed by atoms with Crippen molar-refractivity contribution in [3.05, 3.63) is 29.8 Å². The zero-order chi connectivity index (χ0) is 11.3. The zero-order valence-corrected chi connectivity index (χ0v) is 9.58. The van der Waals surface area contributed by atoms with Crippen LogP contribution >= 0.6 is 0 Å². The summed E-state index contributed by atoms with van der Waals surface area (Å²) in [6.07, 6.45) is 0. The molecule has 15 heavy (non-hydrogen) atoms. The molecule has 2 N–H and O–H groups in total. The van der Waals surface area contributed by atoms with Crippen LogP contribution in [0.2, 0.25) is 0 Å². The van der Waals surface area contributed by atoms with Gasteiger partial charge in [-0.15, -0.1) is 0 Å². The predicted octanol–water partition coefficient (Wildman–Crippen LogP) is 1.34. The number of hydrogen-bond donors (Lipinski definition) is 2. The molecule has 0 saturated carbocycles. The Hall–Kier alpha value is -1.06. The minimum atomic E-state index is -0.384. The fourth-order valence-corrected chi connectivity index (χ4v) is 1.07. The molecule has 0 aliphatic rings. The van der Waals surface area contributed by atoms with Crippen LogP contribution in [0.5, 0.6) is 5.75 Å². The third-order valence-corrected chi connectivity index (χ3v) is 2.53. The van der Waals surface area contributed by atoms with Gasteiger partial charge in [-0.1, -0.05) is 17.7 Å². The van der Waals surface area contributed by atoms with Crippen LogP contribution in [0.3, 0.4) is 0 Å². The molecule has 0 aliphatic carbocycles. The average Bonchev–Trinajstić information content (AvgIpc) is 2.28. The molecule has 1 unspecified atom stereocenters. The third-order valence-electron chi connectivity index (χ3n) is 2.53. The Bertz CT molecular complexity index is 291. The van der Waals surface area contributed by atoms with E-state index in [1.54, 1.807) is 0 Å². The maximum atomic E-state index is 9.16. The van der Waals surface area contributed by atoms with Crippen LogP contribution in [-0.4, -0.2) is 30.9 Å². The van der Waals surface area contributed by atoms with Crippen molar-refractivity contribution in [2.75, 3.05) is 20.3 Å². The fraction of sp³-hybridized carbons (Fsp3) is 0.500. The lowest BCUT2D eigenvalue weighted by Crippen LogP contribution is -2.48. The summed E-state index contributed by atoms with van der Waals surface area (Å²) in [5.41, 5.74) is 0.825. The highest BCUT2D eigenvalue weighted by Gasteiger charge is 2.21. The molecule has 1 aromatic carbocycles. The Kier molecular flexibility index (Phi) is 4.12. The molecule has 1 atom stereocenters. The topological polar surface area (TPSA) is 41.5 Å². The second-order valence-electron chi connectivity index (χ2n) is 4.07. The third kappa shape index (κ3) is 3.53. The first kappa shape index (κ1) is 12.0. The van der Waals surface area contributed by atoms with Gasteiger partial charge in [-0.05, 0) is 33.0 Å². The van der Waals surface area contributed by atoms with Gasteiger partial charge in [-0.3, -0.25) is 0 Å². The van der Waals surface area contributed by atoms with E-state index in [4.69, 9.17) is 9.84 Å². The monoisotopic (exact) mass is 209 g/mol. The molecule has 1 aromatic rings. The molecule has 0 aromatic heterocycles. The minimum absolute atomic E-state index is 0.0510. The van der Waals surface area contributed by atoms with E-state index in [1.807, 2.05) is 45.2 Å². The average molecular weight is 209 g/mol. The van der Waals surface area contributed by atoms with Crippen molar-refractivity contribution in [2.45, 2.75) is 19.4 Å². The Morgan fingerprint density at radius 2 is 1.93 bits per heavy atom. The van der Waals surface area contributed by atoms with Crippen molar-refractivity contribution >= 4 is 0 Å². The summed E-state index contributed by atoms with van der Waals surface area (Å²) >= 11 is 0. The van der Waals surface area contributed by atoms with E-state index in [0.29, 0.717) is 6.61 Å². The van der Waals surface area contributed by atoms with Gasteiger partial charge in [-0.25, -0.2) is 0 Å². The highest BCUT2D eigenvalue weighted by Crippen LogP contribution is 2.13. The molecule has 0 radical (unpaired) electrons. The number of rotatable bonds is 5. The van der Waals surface area contributed by atoms with Crippen LogP contribution in [-0.2, 0) is 0 Å². The van der Waals surface area contributed by atoms with Crippen LogP contribution in [0.15, 0.2) is 24.3 Å². The van der Waals surface area contributed by atoms with Crippen LogP contribution in [0.1, 0.15) is 12.5 Å². The van der Waals surface area contributed by atoms with E-state index in [9.17, 15) is 0 Å². The Morgan fingerprint density at radius 1 is 1.33 bits per heavy atom. The summed E-state index contributed by atoms with van der Waals surface area (Å²) in [5, 5.41) is 12.2. The van der Waals surface area contributed by atoms with Crippen molar-refractivity contribution in [1.29, 1.82) is 0 Å². The summed E-state index contributed by atoms with van der Waals surface area (Å²) in [4.78, 5) is 0. The summed E-state index contributed by atoms with van der Waals surface area (Å²) in [7, 11) is 1.81. The Balaban J connectivity index is 2.53. The number of likely N-dealkylation sites (N-methyl/N-ethyl adjacent to an activating group) is 1. The molecule has 84 valence electrons. The molecular formula is C12H19NO2. The first-order valence-corrected chi connectivity index (χ1v) is 5.09. The fourth-order valence-electron chi connectivity index (χ4n) is 1.07. The van der Waals surface area contributed by atoms with Gasteiger partial charge in [-0.2, -0.15) is 0 Å². The lowest BCUT2D eigenvalue weighted by molar-refractivity contribution is 0.122. The summed E-state index contributed by atoms with van der Waals surface area (Å²) in [5.74, 6) is 0.829. The first-order valence-electron chi connectivity index (χ1n) is 5.09. The number of ether oxygens (including phenoxy) is 1. The minimum Gasteiger partial charge on any atom is -0.492 e. The molecule has 0 aliphatic heterocycles. The molecule has 0 spiro atoms. The second kappa shape index (κ2) is 5.14. The van der Waals surface area contributed by atoms with Crippen molar-refractivity contribution in [3.8, 4) is 5.75 Å². The van der Waals surface area contributed by atoms with Crippen LogP contribution < -0.4 is 10.1 Å². The van der Waals surface area contributed by atoms with Gasteiger partial charge in [0.25, 0.3) is 0 Å². The molecule has 0 bridgehead atoms. The lowest BCUT2D eigenvalue weighted by Gasteiger charge is -2.26. The summed E-state index contributed by atoms with van der Waals surface area (Å²) in [6.45, 7) is 4.45. The van der Waals surface area contributed by atoms with Crippen molar-refractivity contribution in [1.82, 2.24) is 5.32 Å². The van der Waals surface area contributed by atoms with Crippen molar-refractivity contribution < 1.29 is 9.84 Å². The van der Waals surface area contributed by atoms with E-state index in [0.717, 1.165) is 5.75 Å². The van der Waals surface area contributed by atoms with E-state index < -0.39 is 0 Å². The summed E-state index contributed by atoms with van der Waals surface area (Å²) < 4.78 is 5.59. The number of aliphatic hydroxyl groups is 1. The SMILES string of the molecule is CNC(C)(CO)COc1ccc(C)cc1. The van der Waals surface area contributed by atoms with Crippen LogP contribution in [0.25, 0.3) is 0 Å². The van der Waals surface area contributed by atoms with Crippen LogP contribution in [0.4, 0.5) is 0 Å². The van der Waals surface area contributed by atoms with Crippen molar-refractivity contribution in [2.24, 2.45) is 0 Å². The van der Waals surface area contributed by atoms with E-state index in [2.05, 4.69) is 5.32 Å². The van der Waals surface area contributed by atoms with Gasteiger partial charge in [0.2, 0.25) is 0 Å². The van der Waals surface area contributed by atoms with Gasteiger partial charge in [0, 0.05) is 0 Å². The van der Waals surface area contributed by atoms with Gasteiger partial charge in [0.1, 0.15) is 12.4 Å². The second-order valence-corrected chi connectivity index (χ2v) is 4.07. The van der Waals surface area contributed by atoms with Gasteiger partial charge < -0.3 is 15.2 Å². The molecule has 1 rings (SSSR count). The molecule has 0 saturated heterocycles. The van der Waals surface area contributed by atoms with E-state index >= 15 is 0 Å².